The molecule has 1 N–H and O–H groups in total. The molecule has 0 saturated heterocycles. The molecule has 0 bridgehead atoms. The van der Waals surface area contributed by atoms with E-state index >= 15 is 0 Å². The Morgan fingerprint density at radius 2 is 1.74 bits per heavy atom. The molecule has 1 heterocycles. The molecule has 1 aliphatic rings. The van der Waals surface area contributed by atoms with E-state index < -0.39 is 0 Å². The predicted octanol–water partition coefficient (Wildman–Crippen LogP) is 0.429. The summed E-state index contributed by atoms with van der Waals surface area (Å²) in [6.45, 7) is 12.1. The van der Waals surface area contributed by atoms with E-state index in [0.717, 1.165) is 24.5 Å². The maximum Gasteiger partial charge on any atom is 0.253 e. The van der Waals surface area contributed by atoms with Crippen LogP contribution in [0.2, 0.25) is 0 Å². The van der Waals surface area contributed by atoms with Crippen molar-refractivity contribution in [3.63, 3.8) is 0 Å². The van der Waals surface area contributed by atoms with Crippen molar-refractivity contribution in [3.05, 3.63) is 12.2 Å². The van der Waals surface area contributed by atoms with Crippen LogP contribution in [0.1, 0.15) is 27.2 Å². The summed E-state index contributed by atoms with van der Waals surface area (Å²) in [6.07, 6.45) is 2.51. The molecule has 0 atom stereocenters. The molecule has 0 aromatic rings. The largest absolute Gasteiger partial charge is 0.378 e. The Bertz CT molecular complexity index is 490. The second-order valence-corrected chi connectivity index (χ2v) is 6.77. The van der Waals surface area contributed by atoms with E-state index in [1.807, 2.05) is 0 Å². The Kier molecular flexibility index (Phi) is 11.6. The molecule has 1 rings (SSSR count). The Morgan fingerprint density at radius 3 is 2.33 bits per heavy atom. The van der Waals surface area contributed by atoms with E-state index in [-0.39, 0.29) is 30.7 Å². The molecule has 0 aliphatic carbocycles. The zero-order valence-electron chi connectivity index (χ0n) is 16.7. The highest BCUT2D eigenvalue weighted by Gasteiger charge is 2.23. The number of hydrogen-bond acceptors (Lipinski definition) is 6. The number of hydrogen-bond donors (Lipinski definition) is 1. The van der Waals surface area contributed by atoms with Gasteiger partial charge in [0.05, 0.1) is 26.4 Å². The van der Waals surface area contributed by atoms with Crippen LogP contribution in [0, 0.1) is 5.92 Å². The first-order chi connectivity index (χ1) is 12.9. The highest BCUT2D eigenvalue weighted by molar-refractivity contribution is 6.13. The van der Waals surface area contributed by atoms with Gasteiger partial charge in [-0.05, 0) is 12.5 Å². The van der Waals surface area contributed by atoms with Gasteiger partial charge < -0.3 is 19.7 Å². The van der Waals surface area contributed by atoms with Gasteiger partial charge in [0.15, 0.2) is 0 Å². The van der Waals surface area contributed by atoms with Crippen LogP contribution in [0.15, 0.2) is 12.2 Å². The first-order valence-corrected chi connectivity index (χ1v) is 9.62. The maximum absolute atomic E-state index is 11.7. The van der Waals surface area contributed by atoms with Gasteiger partial charge in [0.25, 0.3) is 11.8 Å². The molecular weight excluding hydrogens is 350 g/mol. The van der Waals surface area contributed by atoms with Crippen LogP contribution in [0.5, 0.6) is 0 Å². The van der Waals surface area contributed by atoms with E-state index in [1.54, 1.807) is 0 Å². The first-order valence-electron chi connectivity index (χ1n) is 9.62. The van der Waals surface area contributed by atoms with Gasteiger partial charge in [0.2, 0.25) is 5.91 Å². The molecule has 0 fully saturated rings. The number of rotatable bonds is 15. The standard InChI is InChI=1S/C19H33N3O5/c1-4-21(15-16(2)3)10-12-27-14-13-26-11-8-20-17(23)7-9-22-18(24)5-6-19(22)25/h5-6,16H,4,7-15H2,1-3H3,(H,20,23). The number of likely N-dealkylation sites (N-methyl/N-ethyl adjacent to an activating group) is 1. The van der Waals surface area contributed by atoms with Crippen molar-refractivity contribution in [2.45, 2.75) is 27.2 Å². The molecule has 8 nitrogen and oxygen atoms in total. The van der Waals surface area contributed by atoms with Crippen LogP contribution in [0.25, 0.3) is 0 Å². The minimum absolute atomic E-state index is 0.0899. The van der Waals surface area contributed by atoms with Gasteiger partial charge >= 0.3 is 0 Å². The lowest BCUT2D eigenvalue weighted by Crippen LogP contribution is -2.35. The third kappa shape index (κ3) is 10.2. The van der Waals surface area contributed by atoms with Crippen LogP contribution >= 0.6 is 0 Å². The fraction of sp³-hybridized carbons (Fsp3) is 0.737. The van der Waals surface area contributed by atoms with Crippen molar-refractivity contribution in [1.29, 1.82) is 0 Å². The normalized spacial score (nSPS) is 14.0. The number of carbonyl (C=O) groups is 3. The van der Waals surface area contributed by atoms with Gasteiger partial charge in [-0.3, -0.25) is 19.3 Å². The minimum Gasteiger partial charge on any atom is -0.378 e. The van der Waals surface area contributed by atoms with Crippen molar-refractivity contribution in [1.82, 2.24) is 15.1 Å². The summed E-state index contributed by atoms with van der Waals surface area (Å²) in [4.78, 5) is 37.8. The zero-order valence-corrected chi connectivity index (χ0v) is 16.7. The van der Waals surface area contributed by atoms with Gasteiger partial charge in [-0.2, -0.15) is 0 Å². The van der Waals surface area contributed by atoms with Gasteiger partial charge in [-0.15, -0.1) is 0 Å². The zero-order chi connectivity index (χ0) is 20.1. The summed E-state index contributed by atoms with van der Waals surface area (Å²) in [5, 5.41) is 2.70. The van der Waals surface area contributed by atoms with E-state index in [0.29, 0.717) is 38.9 Å². The summed E-state index contributed by atoms with van der Waals surface area (Å²) in [6, 6.07) is 0. The minimum atomic E-state index is -0.373. The predicted molar refractivity (Wildman–Crippen MR) is 102 cm³/mol. The van der Waals surface area contributed by atoms with Crippen molar-refractivity contribution in [2.24, 2.45) is 5.92 Å². The average Bonchev–Trinajstić information content (AvgIpc) is 2.95. The van der Waals surface area contributed by atoms with E-state index in [4.69, 9.17) is 9.47 Å². The van der Waals surface area contributed by atoms with E-state index in [1.165, 1.54) is 12.2 Å². The van der Waals surface area contributed by atoms with Crippen LogP contribution in [-0.4, -0.2) is 86.7 Å². The lowest BCUT2D eigenvalue weighted by Gasteiger charge is -2.22. The topological polar surface area (TPSA) is 88.2 Å². The van der Waals surface area contributed by atoms with Crippen molar-refractivity contribution < 1.29 is 23.9 Å². The smallest absolute Gasteiger partial charge is 0.253 e. The van der Waals surface area contributed by atoms with Gasteiger partial charge in [0.1, 0.15) is 0 Å². The first kappa shape index (κ1) is 23.3. The molecule has 0 spiro atoms. The monoisotopic (exact) mass is 383 g/mol. The molecule has 0 radical (unpaired) electrons. The summed E-state index contributed by atoms with van der Waals surface area (Å²) in [5.74, 6) is -0.312. The Hall–Kier alpha value is -1.77. The molecule has 0 aromatic carbocycles. The quantitative estimate of drug-likeness (QED) is 0.326. The van der Waals surface area contributed by atoms with Crippen molar-refractivity contribution in [3.8, 4) is 0 Å². The third-order valence-electron chi connectivity index (χ3n) is 4.03. The summed E-state index contributed by atoms with van der Waals surface area (Å²) >= 11 is 0. The van der Waals surface area contributed by atoms with E-state index in [2.05, 4.69) is 31.0 Å². The highest BCUT2D eigenvalue weighted by Crippen LogP contribution is 2.03. The van der Waals surface area contributed by atoms with Gasteiger partial charge in [-0.1, -0.05) is 20.8 Å². The number of imide groups is 1. The second-order valence-electron chi connectivity index (χ2n) is 6.77. The molecule has 154 valence electrons. The number of nitrogens with one attached hydrogen (secondary N) is 1. The fourth-order valence-corrected chi connectivity index (χ4v) is 2.63. The molecular formula is C19H33N3O5. The fourth-order valence-electron chi connectivity index (χ4n) is 2.63. The highest BCUT2D eigenvalue weighted by atomic mass is 16.5. The molecule has 27 heavy (non-hydrogen) atoms. The molecule has 8 heteroatoms. The average molecular weight is 383 g/mol. The Morgan fingerprint density at radius 1 is 1.11 bits per heavy atom. The summed E-state index contributed by atoms with van der Waals surface area (Å²) < 4.78 is 11.0. The molecule has 3 amide bonds. The number of amides is 3. The van der Waals surface area contributed by atoms with Crippen molar-refractivity contribution >= 4 is 17.7 Å². The number of nitrogens with zero attached hydrogens (tertiary/aromatic N) is 2. The van der Waals surface area contributed by atoms with Crippen LogP contribution < -0.4 is 5.32 Å². The Labute approximate surface area is 161 Å². The van der Waals surface area contributed by atoms with Crippen LogP contribution in [0.3, 0.4) is 0 Å². The number of carbonyl (C=O) groups excluding carboxylic acids is 3. The lowest BCUT2D eigenvalue weighted by molar-refractivity contribution is -0.137. The second kappa shape index (κ2) is 13.4. The van der Waals surface area contributed by atoms with Crippen molar-refractivity contribution in [2.75, 3.05) is 59.2 Å². The van der Waals surface area contributed by atoms with Gasteiger partial charge in [0, 0.05) is 44.8 Å². The molecule has 0 saturated carbocycles. The summed E-state index contributed by atoms with van der Waals surface area (Å²) in [5.41, 5.74) is 0. The van der Waals surface area contributed by atoms with Crippen LogP contribution in [-0.2, 0) is 23.9 Å². The number of ether oxygens (including phenoxy) is 2. The molecule has 1 aliphatic heterocycles. The Balaban J connectivity index is 1.93. The molecule has 0 aromatic heterocycles. The third-order valence-corrected chi connectivity index (χ3v) is 4.03. The SMILES string of the molecule is CCN(CCOCCOCCNC(=O)CCN1C(=O)C=CC1=O)CC(C)C. The van der Waals surface area contributed by atoms with Crippen LogP contribution in [0.4, 0.5) is 0 Å². The maximum atomic E-state index is 11.7. The summed E-state index contributed by atoms with van der Waals surface area (Å²) in [7, 11) is 0. The van der Waals surface area contributed by atoms with Gasteiger partial charge in [-0.25, -0.2) is 0 Å². The molecule has 0 unspecified atom stereocenters. The van der Waals surface area contributed by atoms with E-state index in [9.17, 15) is 14.4 Å². The lowest BCUT2D eigenvalue weighted by atomic mass is 10.2.